The molecule has 19 heavy (non-hydrogen) atoms. The van der Waals surface area contributed by atoms with Gasteiger partial charge in [0.25, 0.3) is 0 Å². The van der Waals surface area contributed by atoms with E-state index in [1.54, 1.807) is 23.5 Å². The minimum Gasteiger partial charge on any atom is -0.313 e. The monoisotopic (exact) mass is 425 g/mol. The van der Waals surface area contributed by atoms with Crippen LogP contribution >= 0.6 is 54.8 Å². The van der Waals surface area contributed by atoms with Crippen molar-refractivity contribution in [2.75, 3.05) is 7.05 Å². The predicted octanol–water partition coefficient (Wildman–Crippen LogP) is 5.57. The molecule has 1 aromatic heterocycles. The number of likely N-dealkylation sites (N-methyl/N-ethyl adjacent to an activating group) is 1. The molecular weight excluding hydrogens is 416 g/mol. The first-order chi connectivity index (χ1) is 9.01. The van der Waals surface area contributed by atoms with Crippen molar-refractivity contribution in [3.63, 3.8) is 0 Å². The van der Waals surface area contributed by atoms with Crippen LogP contribution in [-0.2, 0) is 6.42 Å². The minimum atomic E-state index is -0.383. The third-order valence-electron chi connectivity index (χ3n) is 2.83. The summed E-state index contributed by atoms with van der Waals surface area (Å²) in [6.45, 7) is 0. The quantitative estimate of drug-likeness (QED) is 0.673. The molecule has 1 nitrogen and oxygen atoms in total. The topological polar surface area (TPSA) is 12.0 Å². The first kappa shape index (κ1) is 15.4. The van der Waals surface area contributed by atoms with Crippen LogP contribution in [0, 0.1) is 5.82 Å². The maximum Gasteiger partial charge on any atom is 0.141 e. The van der Waals surface area contributed by atoms with E-state index in [0.717, 1.165) is 19.6 Å². The molecule has 102 valence electrons. The van der Waals surface area contributed by atoms with Gasteiger partial charge in [-0.1, -0.05) is 17.7 Å². The summed E-state index contributed by atoms with van der Waals surface area (Å²) in [7, 11) is 1.91. The molecule has 0 aliphatic rings. The number of hydrogen-bond acceptors (Lipinski definition) is 2. The summed E-state index contributed by atoms with van der Waals surface area (Å²) in [6, 6.07) is 7.08. The van der Waals surface area contributed by atoms with Crippen LogP contribution in [0.1, 0.15) is 17.2 Å². The highest BCUT2D eigenvalue weighted by Gasteiger charge is 2.16. The molecule has 1 N–H and O–H groups in total. The van der Waals surface area contributed by atoms with E-state index in [9.17, 15) is 4.39 Å². The molecule has 1 aromatic carbocycles. The van der Waals surface area contributed by atoms with Crippen molar-refractivity contribution in [2.24, 2.45) is 0 Å². The molecular formula is C13H11Br2ClFNS. The fourth-order valence-electron chi connectivity index (χ4n) is 1.86. The van der Waals surface area contributed by atoms with Crippen LogP contribution in [0.25, 0.3) is 0 Å². The minimum absolute atomic E-state index is 0.151. The van der Waals surface area contributed by atoms with Gasteiger partial charge in [-0.3, -0.25) is 0 Å². The van der Waals surface area contributed by atoms with Crippen LogP contribution < -0.4 is 5.32 Å². The summed E-state index contributed by atoms with van der Waals surface area (Å²) in [5.41, 5.74) is 2.18. The van der Waals surface area contributed by atoms with Crippen LogP contribution in [0.5, 0.6) is 0 Å². The van der Waals surface area contributed by atoms with Crippen LogP contribution in [0.3, 0.4) is 0 Å². The van der Waals surface area contributed by atoms with Gasteiger partial charge in [0.1, 0.15) is 5.82 Å². The molecule has 0 radical (unpaired) electrons. The smallest absolute Gasteiger partial charge is 0.141 e. The van der Waals surface area contributed by atoms with Gasteiger partial charge in [-0.05, 0) is 74.7 Å². The highest BCUT2D eigenvalue weighted by atomic mass is 79.9. The van der Waals surface area contributed by atoms with Crippen LogP contribution in [0.4, 0.5) is 4.39 Å². The number of rotatable bonds is 4. The lowest BCUT2D eigenvalue weighted by Crippen LogP contribution is -2.18. The van der Waals surface area contributed by atoms with E-state index in [1.165, 1.54) is 11.6 Å². The standard InChI is InChI=1S/C13H11Br2ClFNS/c1-18-11(8-6-12(14)19-13(8)15)5-7-2-3-10(17)9(16)4-7/h2-4,6,11,18H,5H2,1H3. The third kappa shape index (κ3) is 3.79. The molecule has 2 rings (SSSR count). The number of hydrogen-bond donors (Lipinski definition) is 1. The Balaban J connectivity index is 2.23. The van der Waals surface area contributed by atoms with Gasteiger partial charge in [-0.2, -0.15) is 0 Å². The molecule has 0 fully saturated rings. The number of halogens is 4. The van der Waals surface area contributed by atoms with E-state index in [1.807, 2.05) is 7.05 Å². The van der Waals surface area contributed by atoms with Crippen LogP contribution in [-0.4, -0.2) is 7.05 Å². The van der Waals surface area contributed by atoms with Crippen molar-refractivity contribution < 1.29 is 4.39 Å². The fraction of sp³-hybridized carbons (Fsp3) is 0.231. The summed E-state index contributed by atoms with van der Waals surface area (Å²) in [5, 5.41) is 3.44. The Bertz CT molecular complexity index is 588. The highest BCUT2D eigenvalue weighted by Crippen LogP contribution is 2.36. The van der Waals surface area contributed by atoms with E-state index in [4.69, 9.17) is 11.6 Å². The second-order valence-corrected chi connectivity index (χ2v) is 8.23. The molecule has 0 spiro atoms. The Hall–Kier alpha value is 0.0600. The molecule has 0 saturated heterocycles. The molecule has 0 aliphatic carbocycles. The van der Waals surface area contributed by atoms with Crippen molar-refractivity contribution in [1.82, 2.24) is 5.32 Å². The van der Waals surface area contributed by atoms with E-state index in [-0.39, 0.29) is 16.9 Å². The van der Waals surface area contributed by atoms with Crippen LogP contribution in [0.15, 0.2) is 31.8 Å². The Morgan fingerprint density at radius 3 is 2.63 bits per heavy atom. The number of benzene rings is 1. The van der Waals surface area contributed by atoms with Gasteiger partial charge in [-0.25, -0.2) is 4.39 Å². The normalized spacial score (nSPS) is 12.7. The van der Waals surface area contributed by atoms with Crippen molar-refractivity contribution in [1.29, 1.82) is 0 Å². The largest absolute Gasteiger partial charge is 0.313 e. The molecule has 0 aliphatic heterocycles. The van der Waals surface area contributed by atoms with Crippen molar-refractivity contribution in [2.45, 2.75) is 12.5 Å². The lowest BCUT2D eigenvalue weighted by molar-refractivity contribution is 0.589. The summed E-state index contributed by atoms with van der Waals surface area (Å²) >= 11 is 14.5. The number of nitrogens with one attached hydrogen (secondary N) is 1. The lowest BCUT2D eigenvalue weighted by atomic mass is 10.0. The lowest BCUT2D eigenvalue weighted by Gasteiger charge is -2.16. The van der Waals surface area contributed by atoms with Crippen molar-refractivity contribution in [3.05, 3.63) is 53.8 Å². The molecule has 1 atom stereocenters. The predicted molar refractivity (Wildman–Crippen MR) is 86.6 cm³/mol. The first-order valence-corrected chi connectivity index (χ1v) is 8.35. The zero-order chi connectivity index (χ0) is 14.0. The maximum absolute atomic E-state index is 13.1. The molecule has 0 saturated carbocycles. The van der Waals surface area contributed by atoms with Crippen molar-refractivity contribution >= 4 is 54.8 Å². The van der Waals surface area contributed by atoms with E-state index < -0.39 is 0 Å². The fourth-order valence-corrected chi connectivity index (χ4v) is 5.04. The first-order valence-electron chi connectivity index (χ1n) is 5.57. The summed E-state index contributed by atoms with van der Waals surface area (Å²) in [4.78, 5) is 0. The average Bonchev–Trinajstić information content (AvgIpc) is 2.70. The highest BCUT2D eigenvalue weighted by molar-refractivity contribution is 9.12. The molecule has 0 amide bonds. The Kier molecular flexibility index (Phi) is 5.43. The van der Waals surface area contributed by atoms with Crippen LogP contribution in [0.2, 0.25) is 5.02 Å². The second kappa shape index (κ2) is 6.68. The maximum atomic E-state index is 13.1. The molecule has 6 heteroatoms. The summed E-state index contributed by atoms with van der Waals surface area (Å²) in [5.74, 6) is -0.383. The van der Waals surface area contributed by atoms with E-state index in [0.29, 0.717) is 0 Å². The molecule has 0 bridgehead atoms. The molecule has 1 unspecified atom stereocenters. The van der Waals surface area contributed by atoms with Gasteiger partial charge in [-0.15, -0.1) is 11.3 Å². The second-order valence-electron chi connectivity index (χ2n) is 4.07. The number of thiophene rings is 1. The van der Waals surface area contributed by atoms with Crippen molar-refractivity contribution in [3.8, 4) is 0 Å². The Morgan fingerprint density at radius 2 is 2.11 bits per heavy atom. The Morgan fingerprint density at radius 1 is 1.37 bits per heavy atom. The average molecular weight is 428 g/mol. The van der Waals surface area contributed by atoms with Gasteiger partial charge >= 0.3 is 0 Å². The van der Waals surface area contributed by atoms with Gasteiger partial charge < -0.3 is 5.32 Å². The SMILES string of the molecule is CNC(Cc1ccc(F)c(Cl)c1)c1cc(Br)sc1Br. The van der Waals surface area contributed by atoms with E-state index >= 15 is 0 Å². The van der Waals surface area contributed by atoms with Gasteiger partial charge in [0.15, 0.2) is 0 Å². The zero-order valence-electron chi connectivity index (χ0n) is 10.0. The summed E-state index contributed by atoms with van der Waals surface area (Å²) < 4.78 is 15.3. The molecule has 2 aromatic rings. The van der Waals surface area contributed by atoms with Gasteiger partial charge in [0, 0.05) is 6.04 Å². The summed E-state index contributed by atoms with van der Waals surface area (Å²) in [6.07, 6.45) is 0.748. The zero-order valence-corrected chi connectivity index (χ0v) is 14.8. The van der Waals surface area contributed by atoms with Gasteiger partial charge in [0.2, 0.25) is 0 Å². The Labute approximate surface area is 137 Å². The third-order valence-corrected chi connectivity index (χ3v) is 5.51. The van der Waals surface area contributed by atoms with E-state index in [2.05, 4.69) is 43.2 Å². The van der Waals surface area contributed by atoms with Gasteiger partial charge in [0.05, 0.1) is 12.6 Å². The molecule has 1 heterocycles.